The molecule has 0 aliphatic heterocycles. The summed E-state index contributed by atoms with van der Waals surface area (Å²) in [6.45, 7) is 4.66. The van der Waals surface area contributed by atoms with Crippen LogP contribution >= 0.6 is 7.82 Å². The summed E-state index contributed by atoms with van der Waals surface area (Å²) in [6.07, 6.45) is 75.6. The smallest absolute Gasteiger partial charge is 0.268 e. The lowest BCUT2D eigenvalue weighted by atomic mass is 10.0. The topological polar surface area (TPSA) is 108 Å². The van der Waals surface area contributed by atoms with Gasteiger partial charge in [-0.25, -0.2) is 0 Å². The van der Waals surface area contributed by atoms with Gasteiger partial charge in [-0.1, -0.05) is 301 Å². The zero-order chi connectivity index (χ0) is 54.9. The fraction of sp³-hybridized carbons (Fsp3) is 0.894. The Balaban J connectivity index is 3.94. The molecular weight excluding hydrogens is 948 g/mol. The summed E-state index contributed by atoms with van der Waals surface area (Å²) in [7, 11) is 1.26. The Kier molecular flexibility index (Phi) is 56.4. The minimum absolute atomic E-state index is 0.00448. The highest BCUT2D eigenvalue weighted by atomic mass is 31.2. The first-order valence-electron chi connectivity index (χ1n) is 32.9. The predicted molar refractivity (Wildman–Crippen MR) is 325 cm³/mol. The summed E-state index contributed by atoms with van der Waals surface area (Å²) >= 11 is 0. The maximum absolute atomic E-state index is 13.0. The second-order valence-electron chi connectivity index (χ2n) is 23.8. The Labute approximate surface area is 467 Å². The molecule has 0 fully saturated rings. The summed E-state index contributed by atoms with van der Waals surface area (Å²) in [5, 5.41) is 13.9. The van der Waals surface area contributed by atoms with Crippen molar-refractivity contribution in [2.45, 2.75) is 341 Å². The van der Waals surface area contributed by atoms with E-state index in [-0.39, 0.29) is 19.1 Å². The van der Waals surface area contributed by atoms with E-state index in [0.29, 0.717) is 17.4 Å². The van der Waals surface area contributed by atoms with Gasteiger partial charge in [0.25, 0.3) is 7.82 Å². The molecule has 0 saturated carbocycles. The van der Waals surface area contributed by atoms with E-state index in [2.05, 4.69) is 43.5 Å². The molecule has 0 saturated heterocycles. The SMILES string of the molecule is CCCCCCCCCC/C=C\CCCCCCCCCCCCCCCCCCCCCCCCCCCC(=O)NC(COP(=O)([O-])OCC[N+](C)(C)C)C(O)/C=C/CC/C=C/CCCCCCCCCCCC. The van der Waals surface area contributed by atoms with Crippen LogP contribution in [0.4, 0.5) is 0 Å². The van der Waals surface area contributed by atoms with E-state index < -0.39 is 20.0 Å². The minimum Gasteiger partial charge on any atom is -0.756 e. The van der Waals surface area contributed by atoms with E-state index in [1.807, 2.05) is 27.2 Å². The molecule has 0 aromatic carbocycles. The minimum atomic E-state index is -4.60. The number of hydrogen-bond acceptors (Lipinski definition) is 6. The summed E-state index contributed by atoms with van der Waals surface area (Å²) in [6, 6.07) is -0.901. The van der Waals surface area contributed by atoms with Crippen LogP contribution in [0.5, 0.6) is 0 Å². The molecule has 2 N–H and O–H groups in total. The molecule has 3 atom stereocenters. The molecule has 1 amide bonds. The Hall–Kier alpha value is -1.28. The van der Waals surface area contributed by atoms with Crippen LogP contribution in [-0.4, -0.2) is 68.5 Å². The molecule has 0 aliphatic carbocycles. The first-order chi connectivity index (χ1) is 36.5. The lowest BCUT2D eigenvalue weighted by molar-refractivity contribution is -0.870. The fourth-order valence-electron chi connectivity index (χ4n) is 9.93. The van der Waals surface area contributed by atoms with Crippen molar-refractivity contribution in [1.29, 1.82) is 0 Å². The van der Waals surface area contributed by atoms with Gasteiger partial charge >= 0.3 is 0 Å². The first kappa shape index (κ1) is 73.7. The highest BCUT2D eigenvalue weighted by Crippen LogP contribution is 2.38. The quantitative estimate of drug-likeness (QED) is 0.0272. The zero-order valence-electron chi connectivity index (χ0n) is 50.8. The number of carbonyl (C=O) groups excluding carboxylic acids is 1. The third-order valence-corrected chi connectivity index (χ3v) is 16.0. The molecule has 9 heteroatoms. The predicted octanol–water partition coefficient (Wildman–Crippen LogP) is 19.9. The number of nitrogens with zero attached hydrogens (tertiary/aromatic N) is 1. The normalized spacial score (nSPS) is 14.0. The second kappa shape index (κ2) is 57.4. The highest BCUT2D eigenvalue weighted by Gasteiger charge is 2.23. The molecule has 0 aromatic rings. The molecule has 0 heterocycles. The Morgan fingerprint density at radius 3 is 1.08 bits per heavy atom. The monoisotopic (exact) mass is 1080 g/mol. The van der Waals surface area contributed by atoms with Crippen molar-refractivity contribution < 1.29 is 32.9 Å². The van der Waals surface area contributed by atoms with Crippen LogP contribution in [0.15, 0.2) is 36.5 Å². The van der Waals surface area contributed by atoms with Crippen LogP contribution in [0.2, 0.25) is 0 Å². The van der Waals surface area contributed by atoms with Gasteiger partial charge in [0.1, 0.15) is 13.2 Å². The third-order valence-electron chi connectivity index (χ3n) is 15.1. The number of quaternary nitrogens is 1. The number of unbranched alkanes of at least 4 members (excludes halogenated alkanes) is 44. The Bertz CT molecular complexity index is 1320. The van der Waals surface area contributed by atoms with E-state index >= 15 is 0 Å². The van der Waals surface area contributed by atoms with Gasteiger partial charge in [-0.05, 0) is 57.8 Å². The number of aliphatic hydroxyl groups excluding tert-OH is 1. The van der Waals surface area contributed by atoms with Crippen LogP contribution in [0.25, 0.3) is 0 Å². The Morgan fingerprint density at radius 1 is 0.453 bits per heavy atom. The van der Waals surface area contributed by atoms with Crippen molar-refractivity contribution in [3.8, 4) is 0 Å². The van der Waals surface area contributed by atoms with E-state index in [1.54, 1.807) is 6.08 Å². The van der Waals surface area contributed by atoms with Crippen LogP contribution in [0, 0.1) is 0 Å². The van der Waals surface area contributed by atoms with Crippen LogP contribution in [-0.2, 0) is 18.4 Å². The molecule has 0 bridgehead atoms. The van der Waals surface area contributed by atoms with Crippen molar-refractivity contribution in [3.05, 3.63) is 36.5 Å². The van der Waals surface area contributed by atoms with Crippen LogP contribution < -0.4 is 10.2 Å². The molecule has 8 nitrogen and oxygen atoms in total. The van der Waals surface area contributed by atoms with Crippen molar-refractivity contribution in [2.75, 3.05) is 40.9 Å². The molecule has 0 spiro atoms. The molecule has 0 radical (unpaired) electrons. The van der Waals surface area contributed by atoms with Gasteiger partial charge in [-0.2, -0.15) is 0 Å². The van der Waals surface area contributed by atoms with Crippen LogP contribution in [0.1, 0.15) is 328 Å². The number of phosphoric acid groups is 1. The number of carbonyl (C=O) groups is 1. The van der Waals surface area contributed by atoms with E-state index in [9.17, 15) is 19.4 Å². The summed E-state index contributed by atoms with van der Waals surface area (Å²) < 4.78 is 23.4. The van der Waals surface area contributed by atoms with Gasteiger partial charge in [0.15, 0.2) is 0 Å². The lowest BCUT2D eigenvalue weighted by Gasteiger charge is -2.29. The average molecular weight is 1080 g/mol. The lowest BCUT2D eigenvalue weighted by Crippen LogP contribution is -2.45. The average Bonchev–Trinajstić information content (AvgIpc) is 3.37. The van der Waals surface area contributed by atoms with Gasteiger partial charge in [-0.15, -0.1) is 0 Å². The fourth-order valence-corrected chi connectivity index (χ4v) is 10.7. The third kappa shape index (κ3) is 60.2. The molecule has 3 unspecified atom stereocenters. The summed E-state index contributed by atoms with van der Waals surface area (Å²) in [4.78, 5) is 25.5. The summed E-state index contributed by atoms with van der Waals surface area (Å²) in [5.74, 6) is -0.201. The molecule has 444 valence electrons. The Morgan fingerprint density at radius 2 is 0.747 bits per heavy atom. The zero-order valence-corrected chi connectivity index (χ0v) is 51.7. The van der Waals surface area contributed by atoms with Gasteiger partial charge < -0.3 is 28.8 Å². The molecule has 75 heavy (non-hydrogen) atoms. The number of nitrogens with one attached hydrogen (secondary N) is 1. The number of likely N-dealkylation sites (N-methyl/N-ethyl adjacent to an activating group) is 1. The summed E-state index contributed by atoms with van der Waals surface area (Å²) in [5.41, 5.74) is 0. The number of phosphoric ester groups is 1. The van der Waals surface area contributed by atoms with Crippen molar-refractivity contribution in [1.82, 2.24) is 5.32 Å². The first-order valence-corrected chi connectivity index (χ1v) is 34.3. The van der Waals surface area contributed by atoms with Gasteiger partial charge in [0.05, 0.1) is 39.9 Å². The van der Waals surface area contributed by atoms with E-state index in [0.717, 1.165) is 38.5 Å². The second-order valence-corrected chi connectivity index (χ2v) is 25.2. The molecule has 0 rings (SSSR count). The van der Waals surface area contributed by atoms with Crippen LogP contribution in [0.3, 0.4) is 0 Å². The number of allylic oxidation sites excluding steroid dienone is 5. The largest absolute Gasteiger partial charge is 0.756 e. The maximum atomic E-state index is 13.0. The van der Waals surface area contributed by atoms with Gasteiger partial charge in [0.2, 0.25) is 5.91 Å². The number of hydrogen-bond donors (Lipinski definition) is 2. The number of amides is 1. The van der Waals surface area contributed by atoms with E-state index in [4.69, 9.17) is 9.05 Å². The van der Waals surface area contributed by atoms with Gasteiger partial charge in [-0.3, -0.25) is 9.36 Å². The van der Waals surface area contributed by atoms with Crippen molar-refractivity contribution >= 4 is 13.7 Å². The molecular formula is C66H129N2O6P. The maximum Gasteiger partial charge on any atom is 0.268 e. The number of aliphatic hydroxyl groups is 1. The molecule has 0 aromatic heterocycles. The van der Waals surface area contributed by atoms with Crippen molar-refractivity contribution in [3.63, 3.8) is 0 Å². The van der Waals surface area contributed by atoms with Gasteiger partial charge in [0, 0.05) is 6.42 Å². The van der Waals surface area contributed by atoms with E-state index in [1.165, 1.54) is 270 Å². The standard InChI is InChI=1S/C66H129N2O6P/c1-6-8-10-12-14-16-18-20-22-24-25-26-27-28-29-30-31-32-33-34-35-36-37-38-39-40-41-42-43-44-46-48-50-52-54-56-58-60-66(70)67-64(63-74-75(71,72)73-62-61-68(3,4)5)65(69)59-57-55-53-51-49-47-45-23-21-19-17-15-13-11-9-7-2/h24-25,49,51,57,59,64-65,69H,6-23,26-48,50,52-56,58,60-63H2,1-5H3,(H-,67,70,71,72)/b25-24-,51-49+,59-57+. The highest BCUT2D eigenvalue weighted by molar-refractivity contribution is 7.45. The van der Waals surface area contributed by atoms with Crippen molar-refractivity contribution in [2.24, 2.45) is 0 Å². The molecule has 0 aliphatic rings. The number of rotatable bonds is 61.